The van der Waals surface area contributed by atoms with Gasteiger partial charge < -0.3 is 14.6 Å². The Bertz CT molecular complexity index is 967. The summed E-state index contributed by atoms with van der Waals surface area (Å²) in [5, 5.41) is 2.76. The zero-order valence-electron chi connectivity index (χ0n) is 15.7. The maximum absolute atomic E-state index is 13.1. The molecule has 0 saturated heterocycles. The number of carbonyl (C=O) groups excluding carboxylic acids is 2. The summed E-state index contributed by atoms with van der Waals surface area (Å²) in [7, 11) is 0. The van der Waals surface area contributed by atoms with E-state index in [0.717, 1.165) is 5.56 Å². The molecule has 1 heterocycles. The summed E-state index contributed by atoms with van der Waals surface area (Å²) in [6.45, 7) is 4.50. The monoisotopic (exact) mass is 440 g/mol. The van der Waals surface area contributed by atoms with Gasteiger partial charge in [0.15, 0.2) is 10.4 Å². The van der Waals surface area contributed by atoms with E-state index in [-0.39, 0.29) is 23.6 Å². The summed E-state index contributed by atoms with van der Waals surface area (Å²) in [5.41, 5.74) is 2.12. The molecule has 1 N–H and O–H groups in total. The highest BCUT2D eigenvalue weighted by atomic mass is 79.9. The standard InChI is InChI=1S/C22H21BrN2O3/c1-15(2)25(14-16-7-4-3-5-8-16)22(27)17-9-6-10-18(13-17)24-21(26)19-11-12-20(23)28-19/h3-13,15H,14H2,1-2H3,(H,24,26). The molecule has 5 nitrogen and oxygen atoms in total. The average Bonchev–Trinajstić information content (AvgIpc) is 3.13. The summed E-state index contributed by atoms with van der Waals surface area (Å²) in [4.78, 5) is 27.2. The molecule has 0 aliphatic heterocycles. The van der Waals surface area contributed by atoms with E-state index in [0.29, 0.717) is 22.5 Å². The van der Waals surface area contributed by atoms with Crippen molar-refractivity contribution < 1.29 is 14.0 Å². The lowest BCUT2D eigenvalue weighted by molar-refractivity contribution is 0.0690. The lowest BCUT2D eigenvalue weighted by atomic mass is 10.1. The molecule has 6 heteroatoms. The van der Waals surface area contributed by atoms with E-state index in [1.807, 2.05) is 44.2 Å². The van der Waals surface area contributed by atoms with Gasteiger partial charge in [-0.1, -0.05) is 36.4 Å². The molecular formula is C22H21BrN2O3. The molecule has 2 amide bonds. The zero-order chi connectivity index (χ0) is 20.1. The van der Waals surface area contributed by atoms with E-state index in [9.17, 15) is 9.59 Å². The number of nitrogens with one attached hydrogen (secondary N) is 1. The molecule has 0 aliphatic rings. The van der Waals surface area contributed by atoms with Crippen molar-refractivity contribution in [3.05, 3.63) is 88.3 Å². The molecule has 0 radical (unpaired) electrons. The Hall–Kier alpha value is -2.86. The molecule has 2 aromatic carbocycles. The minimum absolute atomic E-state index is 0.0337. The van der Waals surface area contributed by atoms with Gasteiger partial charge in [0.2, 0.25) is 0 Å². The summed E-state index contributed by atoms with van der Waals surface area (Å²) in [5.74, 6) is -0.271. The molecule has 3 aromatic rings. The number of anilines is 1. The first-order valence-corrected chi connectivity index (χ1v) is 9.75. The summed E-state index contributed by atoms with van der Waals surface area (Å²) < 4.78 is 5.74. The third-order valence-electron chi connectivity index (χ3n) is 4.24. The third kappa shape index (κ3) is 4.89. The highest BCUT2D eigenvalue weighted by Crippen LogP contribution is 2.19. The van der Waals surface area contributed by atoms with E-state index in [2.05, 4.69) is 21.2 Å². The minimum Gasteiger partial charge on any atom is -0.444 e. The van der Waals surface area contributed by atoms with Gasteiger partial charge in [-0.15, -0.1) is 0 Å². The van der Waals surface area contributed by atoms with Crippen LogP contribution in [0.3, 0.4) is 0 Å². The van der Waals surface area contributed by atoms with E-state index < -0.39 is 0 Å². The second kappa shape index (κ2) is 8.89. The Morgan fingerprint density at radius 1 is 1.04 bits per heavy atom. The molecule has 144 valence electrons. The van der Waals surface area contributed by atoms with E-state index in [4.69, 9.17) is 4.42 Å². The molecule has 0 spiro atoms. The lowest BCUT2D eigenvalue weighted by Gasteiger charge is -2.27. The van der Waals surface area contributed by atoms with Crippen LogP contribution in [0.2, 0.25) is 0 Å². The number of carbonyl (C=O) groups is 2. The van der Waals surface area contributed by atoms with Crippen LogP contribution in [-0.4, -0.2) is 22.8 Å². The number of nitrogens with zero attached hydrogens (tertiary/aromatic N) is 1. The lowest BCUT2D eigenvalue weighted by Crippen LogP contribution is -2.36. The van der Waals surface area contributed by atoms with Crippen molar-refractivity contribution in [2.24, 2.45) is 0 Å². The number of hydrogen-bond acceptors (Lipinski definition) is 3. The number of rotatable bonds is 6. The van der Waals surface area contributed by atoms with Gasteiger partial charge in [0.05, 0.1) is 0 Å². The number of furan rings is 1. The number of benzene rings is 2. The summed E-state index contributed by atoms with van der Waals surface area (Å²) in [6, 6.07) is 20.1. The van der Waals surface area contributed by atoms with Crippen molar-refractivity contribution in [1.29, 1.82) is 0 Å². The van der Waals surface area contributed by atoms with E-state index in [1.165, 1.54) is 0 Å². The van der Waals surface area contributed by atoms with Gasteiger partial charge in [-0.3, -0.25) is 9.59 Å². The zero-order valence-corrected chi connectivity index (χ0v) is 17.3. The summed E-state index contributed by atoms with van der Waals surface area (Å²) >= 11 is 3.18. The quantitative estimate of drug-likeness (QED) is 0.561. The second-order valence-electron chi connectivity index (χ2n) is 6.65. The molecule has 0 unspecified atom stereocenters. The van der Waals surface area contributed by atoms with Gasteiger partial charge in [-0.25, -0.2) is 0 Å². The van der Waals surface area contributed by atoms with Gasteiger partial charge in [-0.05, 0) is 65.7 Å². The average molecular weight is 441 g/mol. The molecule has 0 fully saturated rings. The maximum Gasteiger partial charge on any atom is 0.291 e. The van der Waals surface area contributed by atoms with Crippen LogP contribution in [0, 0.1) is 0 Å². The van der Waals surface area contributed by atoms with Crippen LogP contribution in [0.1, 0.15) is 40.3 Å². The van der Waals surface area contributed by atoms with Crippen molar-refractivity contribution >= 4 is 33.4 Å². The van der Waals surface area contributed by atoms with Crippen LogP contribution < -0.4 is 5.32 Å². The molecule has 3 rings (SSSR count). The van der Waals surface area contributed by atoms with Gasteiger partial charge in [-0.2, -0.15) is 0 Å². The fraction of sp³-hybridized carbons (Fsp3) is 0.182. The van der Waals surface area contributed by atoms with Crippen LogP contribution in [0.4, 0.5) is 5.69 Å². The van der Waals surface area contributed by atoms with Crippen molar-refractivity contribution in [2.75, 3.05) is 5.32 Å². The van der Waals surface area contributed by atoms with Crippen LogP contribution in [0.15, 0.2) is 75.8 Å². The number of halogens is 1. The summed E-state index contributed by atoms with van der Waals surface area (Å²) in [6.07, 6.45) is 0. The SMILES string of the molecule is CC(C)N(Cc1ccccc1)C(=O)c1cccc(NC(=O)c2ccc(Br)o2)c1. The van der Waals surface area contributed by atoms with Crippen LogP contribution in [-0.2, 0) is 6.54 Å². The van der Waals surface area contributed by atoms with Crippen LogP contribution in [0.5, 0.6) is 0 Å². The highest BCUT2D eigenvalue weighted by molar-refractivity contribution is 9.10. The van der Waals surface area contributed by atoms with Gasteiger partial charge >= 0.3 is 0 Å². The maximum atomic E-state index is 13.1. The van der Waals surface area contributed by atoms with Gasteiger partial charge in [0.25, 0.3) is 11.8 Å². The molecule has 28 heavy (non-hydrogen) atoms. The molecule has 0 atom stereocenters. The first-order valence-electron chi connectivity index (χ1n) is 8.95. The second-order valence-corrected chi connectivity index (χ2v) is 7.43. The topological polar surface area (TPSA) is 62.6 Å². The number of hydrogen-bond donors (Lipinski definition) is 1. The van der Waals surface area contributed by atoms with Crippen LogP contribution >= 0.6 is 15.9 Å². The fourth-order valence-electron chi connectivity index (χ4n) is 2.79. The third-order valence-corrected chi connectivity index (χ3v) is 4.67. The smallest absolute Gasteiger partial charge is 0.291 e. The van der Waals surface area contributed by atoms with Crippen molar-refractivity contribution in [2.45, 2.75) is 26.4 Å². The fourth-order valence-corrected chi connectivity index (χ4v) is 3.10. The molecule has 0 aliphatic carbocycles. The molecule has 1 aromatic heterocycles. The number of amides is 2. The van der Waals surface area contributed by atoms with Crippen molar-refractivity contribution in [1.82, 2.24) is 4.90 Å². The first-order chi connectivity index (χ1) is 13.4. The Kier molecular flexibility index (Phi) is 6.31. The first kappa shape index (κ1) is 19.9. The van der Waals surface area contributed by atoms with Crippen molar-refractivity contribution in [3.63, 3.8) is 0 Å². The Morgan fingerprint density at radius 2 is 1.79 bits per heavy atom. The largest absolute Gasteiger partial charge is 0.444 e. The molecule has 0 bridgehead atoms. The van der Waals surface area contributed by atoms with Crippen molar-refractivity contribution in [3.8, 4) is 0 Å². The molecule has 0 saturated carbocycles. The van der Waals surface area contributed by atoms with Crippen LogP contribution in [0.25, 0.3) is 0 Å². The highest BCUT2D eigenvalue weighted by Gasteiger charge is 2.20. The predicted octanol–water partition coefficient (Wildman–Crippen LogP) is 5.35. The predicted molar refractivity (Wildman–Crippen MR) is 112 cm³/mol. The Morgan fingerprint density at radius 3 is 2.43 bits per heavy atom. The normalized spacial score (nSPS) is 10.7. The van der Waals surface area contributed by atoms with Gasteiger partial charge in [0, 0.05) is 23.8 Å². The minimum atomic E-state index is -0.375. The van der Waals surface area contributed by atoms with E-state index >= 15 is 0 Å². The van der Waals surface area contributed by atoms with Gasteiger partial charge in [0.1, 0.15) is 0 Å². The molecular weight excluding hydrogens is 420 g/mol. The van der Waals surface area contributed by atoms with E-state index in [1.54, 1.807) is 41.3 Å². The Balaban J connectivity index is 1.77. The Labute approximate surface area is 172 Å².